The van der Waals surface area contributed by atoms with Crippen molar-refractivity contribution < 1.29 is 9.90 Å². The summed E-state index contributed by atoms with van der Waals surface area (Å²) in [5.41, 5.74) is 7.77. The van der Waals surface area contributed by atoms with Crippen LogP contribution in [-0.4, -0.2) is 11.1 Å². The minimum atomic E-state index is -0.848. The lowest BCUT2D eigenvalue weighted by atomic mass is 9.77. The summed E-state index contributed by atoms with van der Waals surface area (Å²) in [5, 5.41) is 9.35. The molecule has 1 aliphatic rings. The molecule has 1 fully saturated rings. The number of benzene rings is 1. The number of carboxylic acids is 1. The molecule has 0 heterocycles. The number of rotatable bonds is 3. The molecule has 0 saturated heterocycles. The van der Waals surface area contributed by atoms with Crippen molar-refractivity contribution in [3.8, 4) is 0 Å². The van der Waals surface area contributed by atoms with E-state index in [0.717, 1.165) is 36.8 Å². The van der Waals surface area contributed by atoms with E-state index in [1.54, 1.807) is 6.07 Å². The van der Waals surface area contributed by atoms with Crippen LogP contribution >= 0.6 is 11.6 Å². The average Bonchev–Trinajstić information content (AvgIpc) is 2.28. The second-order valence-corrected chi connectivity index (χ2v) is 5.51. The van der Waals surface area contributed by atoms with E-state index in [4.69, 9.17) is 22.4 Å². The van der Waals surface area contributed by atoms with Crippen LogP contribution in [0.5, 0.6) is 0 Å². The van der Waals surface area contributed by atoms with E-state index in [-0.39, 0.29) is 12.0 Å². The lowest BCUT2D eigenvalue weighted by Gasteiger charge is -2.34. The second-order valence-electron chi connectivity index (χ2n) is 5.10. The molecule has 0 radical (unpaired) electrons. The van der Waals surface area contributed by atoms with Gasteiger partial charge >= 0.3 is 5.97 Å². The Morgan fingerprint density at radius 2 is 2.00 bits per heavy atom. The molecule has 0 unspecified atom stereocenters. The predicted molar refractivity (Wildman–Crippen MR) is 71.7 cm³/mol. The summed E-state index contributed by atoms with van der Waals surface area (Å²) in [6, 6.07) is 5.44. The first-order chi connectivity index (χ1) is 8.51. The fraction of sp³-hybridized carbons (Fsp3) is 0.500. The summed E-state index contributed by atoms with van der Waals surface area (Å²) in [5.74, 6) is -0.848. The molecule has 0 aromatic heterocycles. The molecule has 4 heteroatoms. The fourth-order valence-corrected chi connectivity index (χ4v) is 3.09. The van der Waals surface area contributed by atoms with E-state index in [0.29, 0.717) is 5.02 Å². The molecule has 18 heavy (non-hydrogen) atoms. The van der Waals surface area contributed by atoms with Crippen LogP contribution < -0.4 is 5.73 Å². The highest BCUT2D eigenvalue weighted by Gasteiger charge is 2.31. The third-order valence-corrected chi connectivity index (χ3v) is 3.98. The van der Waals surface area contributed by atoms with Gasteiger partial charge in [0.1, 0.15) is 0 Å². The van der Waals surface area contributed by atoms with Crippen molar-refractivity contribution in [1.82, 2.24) is 0 Å². The Kier molecular flexibility index (Phi) is 3.93. The van der Waals surface area contributed by atoms with Crippen molar-refractivity contribution in [1.29, 1.82) is 0 Å². The van der Waals surface area contributed by atoms with Crippen LogP contribution in [0.15, 0.2) is 18.2 Å². The summed E-state index contributed by atoms with van der Waals surface area (Å²) in [6.07, 6.45) is 5.38. The molecule has 1 aromatic carbocycles. The number of hydrogen-bond acceptors (Lipinski definition) is 2. The third kappa shape index (κ3) is 2.85. The van der Waals surface area contributed by atoms with Crippen molar-refractivity contribution in [2.45, 2.75) is 44.1 Å². The minimum absolute atomic E-state index is 0.00241. The smallest absolute Gasteiger partial charge is 0.307 e. The van der Waals surface area contributed by atoms with Crippen molar-refractivity contribution in [3.63, 3.8) is 0 Å². The monoisotopic (exact) mass is 267 g/mol. The Morgan fingerprint density at radius 3 is 2.56 bits per heavy atom. The summed E-state index contributed by atoms with van der Waals surface area (Å²) in [6.45, 7) is 0. The zero-order chi connectivity index (χ0) is 13.2. The summed E-state index contributed by atoms with van der Waals surface area (Å²) in [4.78, 5) is 10.7. The number of halogens is 1. The highest BCUT2D eigenvalue weighted by atomic mass is 35.5. The van der Waals surface area contributed by atoms with Crippen LogP contribution in [0, 0.1) is 0 Å². The molecule has 3 N–H and O–H groups in total. The standard InChI is InChI=1S/C14H18ClNO2/c15-12-8-10(9-13(17)18)4-5-11(12)14(16)6-2-1-3-7-14/h4-5,8H,1-3,6-7,9,16H2,(H,17,18). The topological polar surface area (TPSA) is 63.3 Å². The molecule has 0 spiro atoms. The molecule has 0 bridgehead atoms. The quantitative estimate of drug-likeness (QED) is 0.885. The van der Waals surface area contributed by atoms with Gasteiger partial charge in [0.15, 0.2) is 0 Å². The van der Waals surface area contributed by atoms with E-state index in [1.165, 1.54) is 6.42 Å². The lowest BCUT2D eigenvalue weighted by molar-refractivity contribution is -0.136. The maximum Gasteiger partial charge on any atom is 0.307 e. The van der Waals surface area contributed by atoms with Gasteiger partial charge in [-0.3, -0.25) is 4.79 Å². The van der Waals surface area contributed by atoms with Gasteiger partial charge in [-0.1, -0.05) is 43.0 Å². The largest absolute Gasteiger partial charge is 0.481 e. The van der Waals surface area contributed by atoms with Crippen LogP contribution in [0.1, 0.15) is 43.2 Å². The molecule has 0 amide bonds. The van der Waals surface area contributed by atoms with E-state index in [2.05, 4.69) is 0 Å². The maximum atomic E-state index is 10.7. The number of carbonyl (C=O) groups is 1. The van der Waals surface area contributed by atoms with Gasteiger partial charge in [-0.05, 0) is 30.0 Å². The zero-order valence-corrected chi connectivity index (χ0v) is 11.0. The Balaban J connectivity index is 2.26. The summed E-state index contributed by atoms with van der Waals surface area (Å²) in [7, 11) is 0. The van der Waals surface area contributed by atoms with Crippen molar-refractivity contribution in [2.75, 3.05) is 0 Å². The average molecular weight is 268 g/mol. The number of nitrogens with two attached hydrogens (primary N) is 1. The molecule has 1 aliphatic carbocycles. The fourth-order valence-electron chi connectivity index (χ4n) is 2.70. The zero-order valence-electron chi connectivity index (χ0n) is 10.3. The van der Waals surface area contributed by atoms with Gasteiger partial charge in [0.25, 0.3) is 0 Å². The number of carboxylic acid groups (broad SMARTS) is 1. The van der Waals surface area contributed by atoms with E-state index >= 15 is 0 Å². The first-order valence-corrected chi connectivity index (χ1v) is 6.69. The van der Waals surface area contributed by atoms with Crippen LogP contribution in [-0.2, 0) is 16.8 Å². The van der Waals surface area contributed by atoms with Gasteiger partial charge in [0.2, 0.25) is 0 Å². The van der Waals surface area contributed by atoms with Crippen LogP contribution in [0.25, 0.3) is 0 Å². The van der Waals surface area contributed by atoms with E-state index < -0.39 is 5.97 Å². The second kappa shape index (κ2) is 5.29. The first-order valence-electron chi connectivity index (χ1n) is 6.31. The maximum absolute atomic E-state index is 10.7. The van der Waals surface area contributed by atoms with Gasteiger partial charge in [-0.25, -0.2) is 0 Å². The highest BCUT2D eigenvalue weighted by molar-refractivity contribution is 6.31. The van der Waals surface area contributed by atoms with Crippen molar-refractivity contribution in [3.05, 3.63) is 34.3 Å². The Morgan fingerprint density at radius 1 is 1.33 bits per heavy atom. The highest BCUT2D eigenvalue weighted by Crippen LogP contribution is 2.38. The Labute approximate surface area is 112 Å². The van der Waals surface area contributed by atoms with Crippen molar-refractivity contribution >= 4 is 17.6 Å². The molecule has 0 atom stereocenters. The number of aliphatic carboxylic acids is 1. The molecular formula is C14H18ClNO2. The molecule has 2 rings (SSSR count). The van der Waals surface area contributed by atoms with E-state index in [1.807, 2.05) is 12.1 Å². The molecule has 3 nitrogen and oxygen atoms in total. The molecule has 1 aromatic rings. The predicted octanol–water partition coefficient (Wildman–Crippen LogP) is 3.09. The summed E-state index contributed by atoms with van der Waals surface area (Å²) < 4.78 is 0. The first kappa shape index (κ1) is 13.4. The normalized spacial score (nSPS) is 18.6. The molecule has 1 saturated carbocycles. The van der Waals surface area contributed by atoms with E-state index in [9.17, 15) is 4.79 Å². The van der Waals surface area contributed by atoms with Crippen LogP contribution in [0.4, 0.5) is 0 Å². The summed E-state index contributed by atoms with van der Waals surface area (Å²) >= 11 is 6.26. The van der Waals surface area contributed by atoms with Gasteiger partial charge in [-0.15, -0.1) is 0 Å². The van der Waals surface area contributed by atoms with Gasteiger partial charge in [0, 0.05) is 10.6 Å². The Bertz CT molecular complexity index is 453. The molecule has 98 valence electrons. The van der Waals surface area contributed by atoms with Gasteiger partial charge in [0.05, 0.1) is 6.42 Å². The van der Waals surface area contributed by atoms with Gasteiger partial charge < -0.3 is 10.8 Å². The van der Waals surface area contributed by atoms with Crippen molar-refractivity contribution in [2.24, 2.45) is 5.73 Å². The lowest BCUT2D eigenvalue weighted by Crippen LogP contribution is -2.38. The molecule has 0 aliphatic heterocycles. The van der Waals surface area contributed by atoms with Gasteiger partial charge in [-0.2, -0.15) is 0 Å². The van der Waals surface area contributed by atoms with Crippen LogP contribution in [0.2, 0.25) is 5.02 Å². The number of hydrogen-bond donors (Lipinski definition) is 2. The SMILES string of the molecule is NC1(c2ccc(CC(=O)O)cc2Cl)CCCCC1. The molecular weight excluding hydrogens is 250 g/mol. The Hall–Kier alpha value is -1.06. The minimum Gasteiger partial charge on any atom is -0.481 e. The van der Waals surface area contributed by atoms with Crippen LogP contribution in [0.3, 0.4) is 0 Å². The third-order valence-electron chi connectivity index (χ3n) is 3.67.